The highest BCUT2D eigenvalue weighted by Crippen LogP contribution is 2.50. The van der Waals surface area contributed by atoms with Crippen molar-refractivity contribution < 1.29 is 14.3 Å². The van der Waals surface area contributed by atoms with E-state index in [0.717, 1.165) is 17.5 Å². The maximum Gasteiger partial charge on any atom is 0.219 e. The second-order valence-corrected chi connectivity index (χ2v) is 5.19. The van der Waals surface area contributed by atoms with Gasteiger partial charge in [0.15, 0.2) is 6.61 Å². The van der Waals surface area contributed by atoms with Crippen LogP contribution in [0.2, 0.25) is 0 Å². The van der Waals surface area contributed by atoms with Crippen molar-refractivity contribution in [1.82, 2.24) is 5.32 Å². The van der Waals surface area contributed by atoms with Gasteiger partial charge in [0.05, 0.1) is 5.56 Å². The lowest BCUT2D eigenvalue weighted by atomic mass is 9.99. The maximum absolute atomic E-state index is 11.8. The summed E-state index contributed by atoms with van der Waals surface area (Å²) in [5.74, 6) is 1.72. The molecule has 0 bridgehead atoms. The molecule has 1 saturated carbocycles. The van der Waals surface area contributed by atoms with Crippen LogP contribution >= 0.6 is 0 Å². The van der Waals surface area contributed by atoms with Gasteiger partial charge < -0.3 is 10.1 Å². The Kier molecular flexibility index (Phi) is 3.01. The number of fused-ring (bicyclic) bond motifs is 1. The molecule has 2 atom stereocenters. The highest BCUT2D eigenvalue weighted by atomic mass is 16.5. The predicted molar refractivity (Wildman–Crippen MR) is 70.4 cm³/mol. The second-order valence-electron chi connectivity index (χ2n) is 5.19. The van der Waals surface area contributed by atoms with Crippen molar-refractivity contribution in [2.24, 2.45) is 5.92 Å². The van der Waals surface area contributed by atoms with Crippen LogP contribution in [0.1, 0.15) is 41.6 Å². The molecule has 100 valence electrons. The zero-order chi connectivity index (χ0) is 13.4. The molecule has 1 fully saturated rings. The Labute approximate surface area is 112 Å². The molecular formula is C15H17NO3. The molecule has 1 amide bonds. The molecule has 1 aromatic rings. The Balaban J connectivity index is 1.71. The minimum atomic E-state index is 0.0776. The van der Waals surface area contributed by atoms with Crippen LogP contribution in [-0.2, 0) is 4.79 Å². The number of amides is 1. The van der Waals surface area contributed by atoms with Gasteiger partial charge >= 0.3 is 0 Å². The lowest BCUT2D eigenvalue weighted by Crippen LogP contribution is -2.24. The molecule has 1 aromatic carbocycles. The van der Waals surface area contributed by atoms with Crippen molar-refractivity contribution in [3.63, 3.8) is 0 Å². The van der Waals surface area contributed by atoms with Gasteiger partial charge in [-0.05, 0) is 29.9 Å². The smallest absolute Gasteiger partial charge is 0.219 e. The Morgan fingerprint density at radius 2 is 2.32 bits per heavy atom. The predicted octanol–water partition coefficient (Wildman–Crippen LogP) is 1.89. The van der Waals surface area contributed by atoms with Gasteiger partial charge in [-0.15, -0.1) is 0 Å². The number of benzene rings is 1. The van der Waals surface area contributed by atoms with Crippen LogP contribution < -0.4 is 10.1 Å². The third-order valence-electron chi connectivity index (χ3n) is 3.90. The molecule has 2 aliphatic rings. The van der Waals surface area contributed by atoms with Crippen LogP contribution in [0.5, 0.6) is 5.75 Å². The quantitative estimate of drug-likeness (QED) is 0.898. The summed E-state index contributed by atoms with van der Waals surface area (Å²) in [4.78, 5) is 23.1. The summed E-state index contributed by atoms with van der Waals surface area (Å²) in [6.45, 7) is 2.71. The van der Waals surface area contributed by atoms with Gasteiger partial charge in [-0.3, -0.25) is 9.59 Å². The zero-order valence-electron chi connectivity index (χ0n) is 10.9. The first-order valence-corrected chi connectivity index (χ1v) is 6.76. The minimum absolute atomic E-state index is 0.0776. The van der Waals surface area contributed by atoms with E-state index in [4.69, 9.17) is 4.74 Å². The van der Waals surface area contributed by atoms with Crippen LogP contribution in [0.15, 0.2) is 18.2 Å². The number of hydrogen-bond acceptors (Lipinski definition) is 3. The van der Waals surface area contributed by atoms with Crippen molar-refractivity contribution in [3.05, 3.63) is 29.3 Å². The average Bonchev–Trinajstić information content (AvgIpc) is 3.12. The molecule has 0 spiro atoms. The van der Waals surface area contributed by atoms with Crippen molar-refractivity contribution in [2.45, 2.75) is 25.7 Å². The molecule has 19 heavy (non-hydrogen) atoms. The average molecular weight is 259 g/mol. The molecule has 1 aliphatic heterocycles. The lowest BCUT2D eigenvalue weighted by molar-refractivity contribution is -0.120. The standard InChI is InChI=1S/C15H17NO3/c1-2-14(18)16-7-9-6-11(9)10-4-3-5-13-15(10)12(17)8-19-13/h3-5,9,11H,2,6-8H2,1H3,(H,16,18)/t9-,11+/m0/s1. The van der Waals surface area contributed by atoms with E-state index >= 15 is 0 Å². The molecule has 1 aliphatic carbocycles. The van der Waals surface area contributed by atoms with Gasteiger partial charge in [-0.25, -0.2) is 0 Å². The van der Waals surface area contributed by atoms with Gasteiger partial charge in [0.1, 0.15) is 5.75 Å². The van der Waals surface area contributed by atoms with E-state index in [-0.39, 0.29) is 18.3 Å². The van der Waals surface area contributed by atoms with Crippen molar-refractivity contribution in [1.29, 1.82) is 0 Å². The summed E-state index contributed by atoms with van der Waals surface area (Å²) in [7, 11) is 0. The largest absolute Gasteiger partial charge is 0.485 e. The van der Waals surface area contributed by atoms with E-state index in [9.17, 15) is 9.59 Å². The first-order valence-electron chi connectivity index (χ1n) is 6.76. The summed E-state index contributed by atoms with van der Waals surface area (Å²) in [5, 5.41) is 2.92. The first kappa shape index (κ1) is 12.2. The summed E-state index contributed by atoms with van der Waals surface area (Å²) >= 11 is 0. The third-order valence-corrected chi connectivity index (χ3v) is 3.90. The van der Waals surface area contributed by atoms with Crippen LogP contribution in [0.4, 0.5) is 0 Å². The Bertz CT molecular complexity index is 538. The van der Waals surface area contributed by atoms with Gasteiger partial charge in [-0.2, -0.15) is 0 Å². The number of carbonyl (C=O) groups excluding carboxylic acids is 2. The molecule has 0 radical (unpaired) electrons. The van der Waals surface area contributed by atoms with Crippen LogP contribution in [0.25, 0.3) is 0 Å². The highest BCUT2D eigenvalue weighted by Gasteiger charge is 2.41. The SMILES string of the molecule is CCC(=O)NC[C@@H]1C[C@H]1c1cccc2c1C(=O)CO2. The van der Waals surface area contributed by atoms with E-state index in [0.29, 0.717) is 30.6 Å². The van der Waals surface area contributed by atoms with Crippen molar-refractivity contribution in [2.75, 3.05) is 13.2 Å². The summed E-state index contributed by atoms with van der Waals surface area (Å²) in [6.07, 6.45) is 1.55. The molecule has 0 saturated heterocycles. The Morgan fingerprint density at radius 1 is 1.47 bits per heavy atom. The molecular weight excluding hydrogens is 242 g/mol. The molecule has 0 unspecified atom stereocenters. The topological polar surface area (TPSA) is 55.4 Å². The fourth-order valence-electron chi connectivity index (χ4n) is 2.72. The summed E-state index contributed by atoms with van der Waals surface area (Å²) < 4.78 is 5.36. The van der Waals surface area contributed by atoms with Crippen LogP contribution in [-0.4, -0.2) is 24.8 Å². The lowest BCUT2D eigenvalue weighted by Gasteiger charge is -2.06. The Morgan fingerprint density at radius 3 is 3.11 bits per heavy atom. The number of ether oxygens (including phenoxy) is 1. The van der Waals surface area contributed by atoms with E-state index in [1.54, 1.807) is 0 Å². The summed E-state index contributed by atoms with van der Waals surface area (Å²) in [5.41, 5.74) is 1.85. The van der Waals surface area contributed by atoms with Gasteiger partial charge in [-0.1, -0.05) is 19.1 Å². The normalized spacial score (nSPS) is 23.7. The summed E-state index contributed by atoms with van der Waals surface area (Å²) in [6, 6.07) is 5.80. The van der Waals surface area contributed by atoms with E-state index in [2.05, 4.69) is 5.32 Å². The fourth-order valence-corrected chi connectivity index (χ4v) is 2.72. The van der Waals surface area contributed by atoms with E-state index in [1.807, 2.05) is 25.1 Å². The first-order chi connectivity index (χ1) is 9.20. The molecule has 3 rings (SSSR count). The zero-order valence-corrected chi connectivity index (χ0v) is 10.9. The van der Waals surface area contributed by atoms with Crippen LogP contribution in [0.3, 0.4) is 0 Å². The van der Waals surface area contributed by atoms with Gasteiger partial charge in [0, 0.05) is 13.0 Å². The number of hydrogen-bond donors (Lipinski definition) is 1. The Hall–Kier alpha value is -1.84. The third kappa shape index (κ3) is 2.23. The molecule has 1 heterocycles. The number of carbonyl (C=O) groups is 2. The fraction of sp³-hybridized carbons (Fsp3) is 0.467. The number of nitrogens with one attached hydrogen (secondary N) is 1. The van der Waals surface area contributed by atoms with E-state index < -0.39 is 0 Å². The molecule has 4 heteroatoms. The highest BCUT2D eigenvalue weighted by molar-refractivity contribution is 6.03. The van der Waals surface area contributed by atoms with E-state index in [1.165, 1.54) is 0 Å². The second kappa shape index (κ2) is 4.68. The monoisotopic (exact) mass is 259 g/mol. The minimum Gasteiger partial charge on any atom is -0.485 e. The van der Waals surface area contributed by atoms with Gasteiger partial charge in [0.25, 0.3) is 0 Å². The maximum atomic E-state index is 11.8. The number of rotatable bonds is 4. The molecule has 0 aromatic heterocycles. The van der Waals surface area contributed by atoms with Crippen LogP contribution in [0, 0.1) is 5.92 Å². The molecule has 4 nitrogen and oxygen atoms in total. The van der Waals surface area contributed by atoms with Gasteiger partial charge in [0.2, 0.25) is 11.7 Å². The molecule has 1 N–H and O–H groups in total. The number of ketones is 1. The number of Topliss-reactive ketones (excluding diaryl/α,β-unsaturated/α-hetero) is 1. The van der Waals surface area contributed by atoms with Crippen molar-refractivity contribution >= 4 is 11.7 Å². The van der Waals surface area contributed by atoms with Crippen molar-refractivity contribution in [3.8, 4) is 5.75 Å².